The maximum Gasteiger partial charge on any atom is 0.178 e. The van der Waals surface area contributed by atoms with Crippen molar-refractivity contribution in [3.8, 4) is 0 Å². The molecule has 96 valence electrons. The van der Waals surface area contributed by atoms with Gasteiger partial charge in [-0.1, -0.05) is 13.3 Å². The van der Waals surface area contributed by atoms with E-state index in [4.69, 9.17) is 12.2 Å². The van der Waals surface area contributed by atoms with Crippen molar-refractivity contribution >= 4 is 39.2 Å². The molecule has 1 saturated carbocycles. The van der Waals surface area contributed by atoms with Crippen molar-refractivity contribution in [2.24, 2.45) is 5.92 Å². The van der Waals surface area contributed by atoms with Gasteiger partial charge in [-0.25, -0.2) is 4.39 Å². The Morgan fingerprint density at radius 2 is 2.22 bits per heavy atom. The minimum absolute atomic E-state index is 0.259. The number of fused-ring (bicyclic) bond motifs is 1. The molecule has 0 bridgehead atoms. The van der Waals surface area contributed by atoms with Crippen molar-refractivity contribution in [1.82, 2.24) is 9.55 Å². The lowest BCUT2D eigenvalue weighted by atomic mass is 10.1. The topological polar surface area (TPSA) is 20.7 Å². The summed E-state index contributed by atoms with van der Waals surface area (Å²) in [6.07, 6.45) is 3.63. The number of H-pyrrole nitrogens is 1. The van der Waals surface area contributed by atoms with Crippen molar-refractivity contribution in [2.45, 2.75) is 32.2 Å². The first-order valence-electron chi connectivity index (χ1n) is 6.17. The van der Waals surface area contributed by atoms with Crippen LogP contribution in [0.1, 0.15) is 32.2 Å². The van der Waals surface area contributed by atoms with Crippen LogP contribution in [0.15, 0.2) is 16.6 Å². The molecule has 18 heavy (non-hydrogen) atoms. The summed E-state index contributed by atoms with van der Waals surface area (Å²) in [5.41, 5.74) is 1.77. The van der Waals surface area contributed by atoms with E-state index in [1.54, 1.807) is 0 Å². The van der Waals surface area contributed by atoms with Crippen molar-refractivity contribution in [3.63, 3.8) is 0 Å². The van der Waals surface area contributed by atoms with Crippen LogP contribution in [0.2, 0.25) is 0 Å². The molecule has 1 fully saturated rings. The Morgan fingerprint density at radius 3 is 2.89 bits per heavy atom. The lowest BCUT2D eigenvalue weighted by molar-refractivity contribution is 0.413. The van der Waals surface area contributed by atoms with Gasteiger partial charge in [-0.3, -0.25) is 0 Å². The first kappa shape index (κ1) is 12.4. The highest BCUT2D eigenvalue weighted by atomic mass is 79.9. The average Bonchev–Trinajstić information content (AvgIpc) is 2.83. The van der Waals surface area contributed by atoms with Gasteiger partial charge < -0.3 is 9.55 Å². The molecule has 0 saturated heterocycles. The largest absolute Gasteiger partial charge is 0.330 e. The van der Waals surface area contributed by atoms with Crippen LogP contribution in [0.25, 0.3) is 11.0 Å². The summed E-state index contributed by atoms with van der Waals surface area (Å²) in [4.78, 5) is 3.11. The first-order chi connectivity index (χ1) is 8.58. The predicted molar refractivity (Wildman–Crippen MR) is 76.8 cm³/mol. The van der Waals surface area contributed by atoms with Gasteiger partial charge in [-0.15, -0.1) is 0 Å². The van der Waals surface area contributed by atoms with E-state index in [-0.39, 0.29) is 5.82 Å². The van der Waals surface area contributed by atoms with E-state index in [0.717, 1.165) is 17.5 Å². The number of imidazole rings is 1. The third-order valence-corrected chi connectivity index (χ3v) is 4.81. The number of nitrogens with one attached hydrogen (secondary N) is 1. The van der Waals surface area contributed by atoms with Crippen LogP contribution in [0, 0.1) is 16.5 Å². The number of aromatic amines is 1. The minimum atomic E-state index is -0.259. The molecule has 2 atom stereocenters. The fourth-order valence-corrected chi connectivity index (χ4v) is 3.63. The highest BCUT2D eigenvalue weighted by molar-refractivity contribution is 9.10. The minimum Gasteiger partial charge on any atom is -0.330 e. The number of benzene rings is 1. The number of hydrogen-bond acceptors (Lipinski definition) is 1. The van der Waals surface area contributed by atoms with E-state index in [1.165, 1.54) is 18.9 Å². The van der Waals surface area contributed by atoms with Crippen molar-refractivity contribution < 1.29 is 4.39 Å². The molecular formula is C13H14BrFN2S. The Bertz CT molecular complexity index is 661. The molecule has 1 aliphatic rings. The molecule has 1 heterocycles. The molecule has 3 rings (SSSR count). The fourth-order valence-electron chi connectivity index (χ4n) is 2.96. The van der Waals surface area contributed by atoms with Crippen LogP contribution in [-0.2, 0) is 0 Å². The van der Waals surface area contributed by atoms with Crippen molar-refractivity contribution in [1.29, 1.82) is 0 Å². The summed E-state index contributed by atoms with van der Waals surface area (Å²) in [5.74, 6) is 0.366. The van der Waals surface area contributed by atoms with Gasteiger partial charge in [0.25, 0.3) is 0 Å². The molecular weight excluding hydrogens is 315 g/mol. The van der Waals surface area contributed by atoms with Crippen molar-refractivity contribution in [2.75, 3.05) is 0 Å². The second-order valence-corrected chi connectivity index (χ2v) is 6.30. The Hall–Kier alpha value is -0.680. The SMILES string of the molecule is CC1CCCC1n1c(=S)[nH]c2cc(F)c(Br)cc21. The second kappa shape index (κ2) is 4.46. The Kier molecular flexibility index (Phi) is 3.06. The molecule has 1 aliphatic carbocycles. The first-order valence-corrected chi connectivity index (χ1v) is 7.37. The smallest absolute Gasteiger partial charge is 0.178 e. The summed E-state index contributed by atoms with van der Waals surface area (Å²) in [5, 5.41) is 0. The molecule has 1 aromatic heterocycles. The standard InChI is InChI=1S/C13H14BrFN2S/c1-7-3-2-4-11(7)17-12-5-8(14)9(15)6-10(12)16-13(17)18/h5-7,11H,2-4H2,1H3,(H,16,18). The fraction of sp³-hybridized carbons (Fsp3) is 0.462. The molecule has 0 amide bonds. The van der Waals surface area contributed by atoms with E-state index < -0.39 is 0 Å². The van der Waals surface area contributed by atoms with E-state index >= 15 is 0 Å². The average molecular weight is 329 g/mol. The summed E-state index contributed by atoms with van der Waals surface area (Å²) >= 11 is 8.65. The number of rotatable bonds is 1. The van der Waals surface area contributed by atoms with Gasteiger partial charge in [-0.2, -0.15) is 0 Å². The van der Waals surface area contributed by atoms with Gasteiger partial charge in [0.05, 0.1) is 15.5 Å². The van der Waals surface area contributed by atoms with Crippen LogP contribution in [0.5, 0.6) is 0 Å². The van der Waals surface area contributed by atoms with Gasteiger partial charge in [0, 0.05) is 12.1 Å². The number of hydrogen-bond donors (Lipinski definition) is 1. The quantitative estimate of drug-likeness (QED) is 0.733. The molecule has 2 nitrogen and oxygen atoms in total. The lowest BCUT2D eigenvalue weighted by Crippen LogP contribution is -2.11. The predicted octanol–water partition coefficient (Wildman–Crippen LogP) is 4.96. The van der Waals surface area contributed by atoms with Gasteiger partial charge in [0.1, 0.15) is 5.82 Å². The van der Waals surface area contributed by atoms with Crippen LogP contribution in [0.3, 0.4) is 0 Å². The zero-order valence-corrected chi connectivity index (χ0v) is 12.4. The summed E-state index contributed by atoms with van der Waals surface area (Å²) in [6, 6.07) is 3.76. The third-order valence-electron chi connectivity index (χ3n) is 3.91. The van der Waals surface area contributed by atoms with E-state index in [1.807, 2.05) is 6.07 Å². The lowest BCUT2D eigenvalue weighted by Gasteiger charge is -2.18. The maximum absolute atomic E-state index is 13.5. The maximum atomic E-state index is 13.5. The molecule has 2 unspecified atom stereocenters. The van der Waals surface area contributed by atoms with E-state index in [2.05, 4.69) is 32.4 Å². The normalized spacial score (nSPS) is 23.9. The zero-order valence-electron chi connectivity index (χ0n) is 10.0. The number of nitrogens with zero attached hydrogens (tertiary/aromatic N) is 1. The van der Waals surface area contributed by atoms with E-state index in [0.29, 0.717) is 21.2 Å². The third kappa shape index (κ3) is 1.84. The van der Waals surface area contributed by atoms with Crippen LogP contribution >= 0.6 is 28.1 Å². The van der Waals surface area contributed by atoms with Crippen LogP contribution in [-0.4, -0.2) is 9.55 Å². The molecule has 5 heteroatoms. The van der Waals surface area contributed by atoms with Crippen LogP contribution in [0.4, 0.5) is 4.39 Å². The summed E-state index contributed by atoms with van der Waals surface area (Å²) in [6.45, 7) is 2.26. The van der Waals surface area contributed by atoms with Gasteiger partial charge in [0.15, 0.2) is 4.77 Å². The van der Waals surface area contributed by atoms with Gasteiger partial charge in [0.2, 0.25) is 0 Å². The molecule has 2 aromatic rings. The monoisotopic (exact) mass is 328 g/mol. The second-order valence-electron chi connectivity index (χ2n) is 5.06. The van der Waals surface area contributed by atoms with E-state index in [9.17, 15) is 4.39 Å². The Morgan fingerprint density at radius 1 is 1.44 bits per heavy atom. The molecule has 1 aromatic carbocycles. The Balaban J connectivity index is 2.25. The van der Waals surface area contributed by atoms with Gasteiger partial charge >= 0.3 is 0 Å². The molecule has 0 spiro atoms. The molecule has 1 N–H and O–H groups in total. The molecule has 0 radical (unpaired) electrons. The van der Waals surface area contributed by atoms with Gasteiger partial charge in [-0.05, 0) is 53.0 Å². The number of halogens is 2. The highest BCUT2D eigenvalue weighted by Crippen LogP contribution is 2.38. The number of aromatic nitrogens is 2. The molecule has 0 aliphatic heterocycles. The zero-order chi connectivity index (χ0) is 12.9. The highest BCUT2D eigenvalue weighted by Gasteiger charge is 2.27. The summed E-state index contributed by atoms with van der Waals surface area (Å²) in [7, 11) is 0. The summed E-state index contributed by atoms with van der Waals surface area (Å²) < 4.78 is 16.9. The Labute approximate surface area is 118 Å². The van der Waals surface area contributed by atoms with Crippen LogP contribution < -0.4 is 0 Å². The van der Waals surface area contributed by atoms with Crippen molar-refractivity contribution in [3.05, 3.63) is 27.2 Å².